The van der Waals surface area contributed by atoms with Gasteiger partial charge in [-0.3, -0.25) is 4.79 Å². The van der Waals surface area contributed by atoms with E-state index in [0.29, 0.717) is 48.1 Å². The SMILES string of the molecule is COc1ccc(C(O)CNc2cc[nH]c(=O)c2-c2nc3c(C)cc(N4CCOC(CF)C4)cc3[nH]2)cc1Br. The molecule has 4 N–H and O–H groups in total. The van der Waals surface area contributed by atoms with Crippen molar-refractivity contribution in [2.45, 2.75) is 19.1 Å². The molecule has 0 spiro atoms. The molecule has 38 heavy (non-hydrogen) atoms. The maximum atomic E-state index is 13.2. The van der Waals surface area contributed by atoms with E-state index in [9.17, 15) is 14.3 Å². The van der Waals surface area contributed by atoms with Gasteiger partial charge in [0.05, 0.1) is 41.0 Å². The van der Waals surface area contributed by atoms with E-state index in [4.69, 9.17) is 14.5 Å². The van der Waals surface area contributed by atoms with Crippen molar-refractivity contribution >= 4 is 38.3 Å². The molecule has 4 aromatic rings. The number of ether oxygens (including phenoxy) is 2. The molecule has 1 fully saturated rings. The van der Waals surface area contributed by atoms with E-state index in [0.717, 1.165) is 26.8 Å². The third-order valence-electron chi connectivity index (χ3n) is 6.68. The molecule has 2 aromatic carbocycles. The van der Waals surface area contributed by atoms with E-state index in [1.54, 1.807) is 37.6 Å². The highest BCUT2D eigenvalue weighted by molar-refractivity contribution is 9.10. The van der Waals surface area contributed by atoms with Crippen molar-refractivity contribution in [1.29, 1.82) is 0 Å². The fourth-order valence-electron chi connectivity index (χ4n) is 4.70. The molecular formula is C27H29BrFN5O4. The number of H-pyrrole nitrogens is 2. The maximum absolute atomic E-state index is 13.2. The van der Waals surface area contributed by atoms with Crippen LogP contribution in [0.5, 0.6) is 5.75 Å². The Kier molecular flexibility index (Phi) is 7.68. The largest absolute Gasteiger partial charge is 0.496 e. The first-order chi connectivity index (χ1) is 18.4. The molecule has 1 aliphatic heterocycles. The fourth-order valence-corrected chi connectivity index (χ4v) is 5.25. The maximum Gasteiger partial charge on any atom is 0.261 e. The number of hydrogen-bond donors (Lipinski definition) is 4. The summed E-state index contributed by atoms with van der Waals surface area (Å²) in [5, 5.41) is 14.0. The number of aliphatic hydroxyl groups is 1. The summed E-state index contributed by atoms with van der Waals surface area (Å²) in [6.07, 6.45) is 0.283. The smallest absolute Gasteiger partial charge is 0.261 e. The summed E-state index contributed by atoms with van der Waals surface area (Å²) in [5.74, 6) is 1.08. The Morgan fingerprint density at radius 1 is 1.34 bits per heavy atom. The number of nitrogens with one attached hydrogen (secondary N) is 3. The number of benzene rings is 2. The molecule has 2 atom stereocenters. The first-order valence-electron chi connectivity index (χ1n) is 12.3. The minimum Gasteiger partial charge on any atom is -0.496 e. The van der Waals surface area contributed by atoms with Crippen molar-refractivity contribution < 1.29 is 19.0 Å². The van der Waals surface area contributed by atoms with Crippen molar-refractivity contribution in [3.05, 3.63) is 68.5 Å². The van der Waals surface area contributed by atoms with Crippen LogP contribution >= 0.6 is 15.9 Å². The second-order valence-electron chi connectivity index (χ2n) is 9.22. The number of halogens is 2. The third kappa shape index (κ3) is 5.27. The van der Waals surface area contributed by atoms with Gasteiger partial charge in [-0.25, -0.2) is 9.37 Å². The monoisotopic (exact) mass is 585 g/mol. The molecule has 0 bridgehead atoms. The summed E-state index contributed by atoms with van der Waals surface area (Å²) in [6.45, 7) is 3.22. The zero-order chi connectivity index (χ0) is 26.8. The highest BCUT2D eigenvalue weighted by Gasteiger charge is 2.22. The van der Waals surface area contributed by atoms with E-state index in [1.807, 2.05) is 19.1 Å². The zero-order valence-corrected chi connectivity index (χ0v) is 22.6. The van der Waals surface area contributed by atoms with Gasteiger partial charge < -0.3 is 34.8 Å². The van der Waals surface area contributed by atoms with E-state index in [2.05, 4.69) is 36.1 Å². The van der Waals surface area contributed by atoms with Crippen molar-refractivity contribution in [2.75, 3.05) is 50.2 Å². The lowest BCUT2D eigenvalue weighted by Gasteiger charge is -2.33. The standard InChI is InChI=1S/C27H29BrFN5O4/c1-15-9-17(34-7-8-38-18(12-29)14-34)11-21-25(15)33-26(32-21)24-20(5-6-30-27(24)36)31-13-22(35)16-3-4-23(37-2)19(28)10-16/h3-6,9-11,18,22,35H,7-8,12-14H2,1-2H3,(H,32,33)(H2,30,31,36). The number of pyridine rings is 1. The van der Waals surface area contributed by atoms with Gasteiger partial charge >= 0.3 is 0 Å². The van der Waals surface area contributed by atoms with E-state index in [-0.39, 0.29) is 12.1 Å². The van der Waals surface area contributed by atoms with Gasteiger partial charge in [-0.2, -0.15) is 0 Å². The van der Waals surface area contributed by atoms with Crippen LogP contribution in [0, 0.1) is 6.92 Å². The molecule has 2 aromatic heterocycles. The summed E-state index contributed by atoms with van der Waals surface area (Å²) in [7, 11) is 1.58. The number of hydrogen-bond acceptors (Lipinski definition) is 7. The molecule has 1 aliphatic rings. The van der Waals surface area contributed by atoms with Crippen LogP contribution in [-0.2, 0) is 4.74 Å². The normalized spacial score (nSPS) is 16.6. The van der Waals surface area contributed by atoms with Crippen LogP contribution in [-0.4, -0.2) is 66.2 Å². The fraction of sp³-hybridized carbons (Fsp3) is 0.333. The number of aliphatic hydroxyl groups excluding tert-OH is 1. The van der Waals surface area contributed by atoms with Gasteiger partial charge in [0.25, 0.3) is 5.56 Å². The number of nitrogens with zero attached hydrogens (tertiary/aromatic N) is 2. The number of methoxy groups -OCH3 is 1. The number of morpholine rings is 1. The molecule has 5 rings (SSSR count). The Hall–Kier alpha value is -3.41. The third-order valence-corrected chi connectivity index (χ3v) is 7.30. The Bertz CT molecular complexity index is 1510. The van der Waals surface area contributed by atoms with Gasteiger partial charge in [-0.05, 0) is 64.3 Å². The average Bonchev–Trinajstić information content (AvgIpc) is 3.36. The summed E-state index contributed by atoms with van der Waals surface area (Å²) < 4.78 is 24.7. The Morgan fingerprint density at radius 3 is 2.95 bits per heavy atom. The average molecular weight is 586 g/mol. The van der Waals surface area contributed by atoms with Crippen molar-refractivity contribution in [1.82, 2.24) is 15.0 Å². The molecule has 0 aliphatic carbocycles. The second kappa shape index (κ2) is 11.1. The van der Waals surface area contributed by atoms with Crippen LogP contribution in [0.15, 0.2) is 51.9 Å². The van der Waals surface area contributed by atoms with E-state index >= 15 is 0 Å². The van der Waals surface area contributed by atoms with Gasteiger partial charge in [0.15, 0.2) is 0 Å². The van der Waals surface area contributed by atoms with E-state index < -0.39 is 18.9 Å². The lowest BCUT2D eigenvalue weighted by atomic mass is 10.1. The van der Waals surface area contributed by atoms with Gasteiger partial charge in [0.2, 0.25) is 0 Å². The predicted octanol–water partition coefficient (Wildman–Crippen LogP) is 4.32. The molecular weight excluding hydrogens is 557 g/mol. The molecule has 0 radical (unpaired) electrons. The second-order valence-corrected chi connectivity index (χ2v) is 10.1. The minimum atomic E-state index is -0.827. The Balaban J connectivity index is 1.42. The molecule has 3 heterocycles. The summed E-state index contributed by atoms with van der Waals surface area (Å²) in [6, 6.07) is 11.1. The summed E-state index contributed by atoms with van der Waals surface area (Å²) in [4.78, 5) is 25.8. The van der Waals surface area contributed by atoms with Gasteiger partial charge in [-0.15, -0.1) is 0 Å². The first-order valence-corrected chi connectivity index (χ1v) is 13.1. The van der Waals surface area contributed by atoms with Crippen molar-refractivity contribution in [3.63, 3.8) is 0 Å². The minimum absolute atomic E-state index is 0.172. The van der Waals surface area contributed by atoms with Crippen LogP contribution in [0.25, 0.3) is 22.4 Å². The zero-order valence-electron chi connectivity index (χ0n) is 21.1. The number of rotatable bonds is 8. The lowest BCUT2D eigenvalue weighted by Crippen LogP contribution is -2.43. The number of aromatic amines is 2. The van der Waals surface area contributed by atoms with Gasteiger partial charge in [0.1, 0.15) is 29.9 Å². The molecule has 200 valence electrons. The number of aryl methyl sites for hydroxylation is 1. The number of fused-ring (bicyclic) bond motifs is 1. The molecule has 0 saturated carbocycles. The molecule has 1 saturated heterocycles. The topological polar surface area (TPSA) is 116 Å². The Morgan fingerprint density at radius 2 is 2.18 bits per heavy atom. The first kappa shape index (κ1) is 26.2. The highest BCUT2D eigenvalue weighted by atomic mass is 79.9. The summed E-state index contributed by atoms with van der Waals surface area (Å²) in [5.41, 5.74) is 4.67. The number of alkyl halides is 1. The number of imidazole rings is 1. The van der Waals surface area contributed by atoms with Crippen molar-refractivity contribution in [3.8, 4) is 17.1 Å². The van der Waals surface area contributed by atoms with Crippen LogP contribution in [0.2, 0.25) is 0 Å². The quantitative estimate of drug-likeness (QED) is 0.243. The summed E-state index contributed by atoms with van der Waals surface area (Å²) >= 11 is 3.44. The van der Waals surface area contributed by atoms with Gasteiger partial charge in [-0.1, -0.05) is 6.07 Å². The molecule has 2 unspecified atom stereocenters. The Labute approximate surface area is 227 Å². The predicted molar refractivity (Wildman–Crippen MR) is 149 cm³/mol. The lowest BCUT2D eigenvalue weighted by molar-refractivity contribution is 0.0247. The van der Waals surface area contributed by atoms with Crippen LogP contribution in [0.3, 0.4) is 0 Å². The molecule has 9 nitrogen and oxygen atoms in total. The molecule has 0 amide bonds. The van der Waals surface area contributed by atoms with Crippen LogP contribution in [0.1, 0.15) is 17.2 Å². The van der Waals surface area contributed by atoms with Crippen LogP contribution < -0.4 is 20.5 Å². The number of anilines is 2. The van der Waals surface area contributed by atoms with Crippen molar-refractivity contribution in [2.24, 2.45) is 0 Å². The number of aromatic nitrogens is 3. The van der Waals surface area contributed by atoms with Crippen LogP contribution in [0.4, 0.5) is 15.8 Å². The van der Waals surface area contributed by atoms with E-state index in [1.165, 1.54) is 0 Å². The van der Waals surface area contributed by atoms with Gasteiger partial charge in [0, 0.05) is 31.5 Å². The molecule has 11 heteroatoms. The highest BCUT2D eigenvalue weighted by Crippen LogP contribution is 2.31.